The Labute approximate surface area is 151 Å². The van der Waals surface area contributed by atoms with Crippen LogP contribution in [0.4, 0.5) is 0 Å². The van der Waals surface area contributed by atoms with Crippen LogP contribution in [0.25, 0.3) is 11.0 Å². The molecule has 3 aromatic rings. The molecule has 1 aromatic carbocycles. The molecule has 1 amide bonds. The first kappa shape index (κ1) is 16.8. The molecule has 7 nitrogen and oxygen atoms in total. The van der Waals surface area contributed by atoms with Gasteiger partial charge in [0.2, 0.25) is 0 Å². The molecule has 3 atom stereocenters. The lowest BCUT2D eigenvalue weighted by atomic mass is 10.0. The van der Waals surface area contributed by atoms with E-state index in [0.717, 1.165) is 23.2 Å². The number of nitrogens with zero attached hydrogens (tertiary/aromatic N) is 3. The topological polar surface area (TPSA) is 93.2 Å². The van der Waals surface area contributed by atoms with Gasteiger partial charge in [-0.2, -0.15) is 0 Å². The van der Waals surface area contributed by atoms with Crippen molar-refractivity contribution < 1.29 is 14.3 Å². The zero-order valence-corrected chi connectivity index (χ0v) is 14.8. The van der Waals surface area contributed by atoms with Gasteiger partial charge in [-0.1, -0.05) is 11.6 Å². The molecule has 136 valence electrons. The highest BCUT2D eigenvalue weighted by molar-refractivity contribution is 5.96. The number of aliphatic hydroxyl groups excluding tert-OH is 1. The van der Waals surface area contributed by atoms with Gasteiger partial charge in [-0.3, -0.25) is 4.79 Å². The van der Waals surface area contributed by atoms with Crippen LogP contribution in [0.15, 0.2) is 35.0 Å². The third-order valence-electron chi connectivity index (χ3n) is 5.19. The molecule has 1 aliphatic rings. The second kappa shape index (κ2) is 6.57. The van der Waals surface area contributed by atoms with Crippen molar-refractivity contribution in [3.63, 3.8) is 0 Å². The van der Waals surface area contributed by atoms with Gasteiger partial charge < -0.3 is 19.4 Å². The van der Waals surface area contributed by atoms with Crippen molar-refractivity contribution in [2.75, 3.05) is 6.54 Å². The molecule has 0 bridgehead atoms. The number of aliphatic hydroxyl groups is 1. The molecule has 0 aliphatic heterocycles. The van der Waals surface area contributed by atoms with Crippen molar-refractivity contribution >= 4 is 16.9 Å². The lowest BCUT2D eigenvalue weighted by molar-refractivity contribution is 0.0892. The summed E-state index contributed by atoms with van der Waals surface area (Å²) < 4.78 is 7.51. The highest BCUT2D eigenvalue weighted by Crippen LogP contribution is 2.37. The largest absolute Gasteiger partial charge is 0.451 e. The molecular weight excluding hydrogens is 332 g/mol. The lowest BCUT2D eigenvalue weighted by Crippen LogP contribution is -2.32. The monoisotopic (exact) mass is 354 g/mol. The number of carbonyl (C=O) groups is 1. The van der Waals surface area contributed by atoms with E-state index in [1.807, 2.05) is 36.7 Å². The Hall–Kier alpha value is -2.67. The maximum atomic E-state index is 12.4. The van der Waals surface area contributed by atoms with E-state index in [-0.39, 0.29) is 17.7 Å². The summed E-state index contributed by atoms with van der Waals surface area (Å²) in [6.07, 6.45) is 2.61. The van der Waals surface area contributed by atoms with Crippen LogP contribution in [0, 0.1) is 12.8 Å². The SMILES string of the molecule is Cc1ccc2oc(C(=O)NC[C@H]3C[C@H](c4nncn4C)C[C@H]3O)cc2c1. The average Bonchev–Trinajstić information content (AvgIpc) is 3.30. The molecule has 0 radical (unpaired) electrons. The van der Waals surface area contributed by atoms with Gasteiger partial charge in [0.05, 0.1) is 6.10 Å². The minimum atomic E-state index is -0.463. The normalized spacial score (nSPS) is 22.8. The molecule has 1 aliphatic carbocycles. The molecule has 26 heavy (non-hydrogen) atoms. The van der Waals surface area contributed by atoms with Crippen LogP contribution in [0.3, 0.4) is 0 Å². The number of hydrogen-bond donors (Lipinski definition) is 2. The Morgan fingerprint density at radius 2 is 2.23 bits per heavy atom. The predicted octanol–water partition coefficient (Wildman–Crippen LogP) is 2.15. The summed E-state index contributed by atoms with van der Waals surface area (Å²) in [5.74, 6) is 1.07. The number of amides is 1. The fourth-order valence-electron chi connectivity index (χ4n) is 3.78. The second-order valence-corrected chi connectivity index (χ2v) is 7.16. The summed E-state index contributed by atoms with van der Waals surface area (Å²) in [4.78, 5) is 12.4. The average molecular weight is 354 g/mol. The minimum Gasteiger partial charge on any atom is -0.451 e. The van der Waals surface area contributed by atoms with Gasteiger partial charge >= 0.3 is 0 Å². The van der Waals surface area contributed by atoms with Gasteiger partial charge in [0.25, 0.3) is 5.91 Å². The first-order chi connectivity index (χ1) is 12.5. The number of hydrogen-bond acceptors (Lipinski definition) is 5. The van der Waals surface area contributed by atoms with E-state index in [4.69, 9.17) is 4.42 Å². The molecule has 2 heterocycles. The van der Waals surface area contributed by atoms with E-state index >= 15 is 0 Å². The third kappa shape index (κ3) is 3.10. The highest BCUT2D eigenvalue weighted by atomic mass is 16.3. The predicted molar refractivity (Wildman–Crippen MR) is 95.8 cm³/mol. The summed E-state index contributed by atoms with van der Waals surface area (Å²) in [7, 11) is 1.90. The van der Waals surface area contributed by atoms with Gasteiger partial charge in [-0.25, -0.2) is 0 Å². The van der Waals surface area contributed by atoms with Crippen LogP contribution in [0.5, 0.6) is 0 Å². The number of rotatable bonds is 4. The third-order valence-corrected chi connectivity index (χ3v) is 5.19. The number of fused-ring (bicyclic) bond motifs is 1. The Bertz CT molecular complexity index is 945. The summed E-state index contributed by atoms with van der Waals surface area (Å²) >= 11 is 0. The zero-order valence-electron chi connectivity index (χ0n) is 14.8. The molecular formula is C19H22N4O3. The van der Waals surface area contributed by atoms with Crippen LogP contribution in [-0.2, 0) is 7.05 Å². The fourth-order valence-corrected chi connectivity index (χ4v) is 3.78. The van der Waals surface area contributed by atoms with Crippen LogP contribution < -0.4 is 5.32 Å². The van der Waals surface area contributed by atoms with E-state index in [1.54, 1.807) is 12.4 Å². The van der Waals surface area contributed by atoms with Crippen LogP contribution in [0.1, 0.15) is 40.7 Å². The molecule has 1 fully saturated rings. The highest BCUT2D eigenvalue weighted by Gasteiger charge is 2.36. The Morgan fingerprint density at radius 1 is 1.38 bits per heavy atom. The molecule has 2 N–H and O–H groups in total. The number of nitrogens with one attached hydrogen (secondary N) is 1. The first-order valence-electron chi connectivity index (χ1n) is 8.81. The fraction of sp³-hybridized carbons (Fsp3) is 0.421. The Morgan fingerprint density at radius 3 is 3.00 bits per heavy atom. The van der Waals surface area contributed by atoms with Crippen molar-refractivity contribution in [3.8, 4) is 0 Å². The Kier molecular flexibility index (Phi) is 4.24. The standard InChI is InChI=1S/C19H22N4O3/c1-11-3-4-16-12(5-11)8-17(26-16)19(25)20-9-14-6-13(7-15(14)24)18-22-21-10-23(18)2/h3-5,8,10,13-15,24H,6-7,9H2,1-2H3,(H,20,25)/t13-,14+,15+/m0/s1. The second-order valence-electron chi connectivity index (χ2n) is 7.16. The molecule has 7 heteroatoms. The lowest BCUT2D eigenvalue weighted by Gasteiger charge is -2.14. The van der Waals surface area contributed by atoms with Crippen molar-refractivity contribution in [2.24, 2.45) is 13.0 Å². The maximum Gasteiger partial charge on any atom is 0.287 e. The van der Waals surface area contributed by atoms with Gasteiger partial charge in [-0.05, 0) is 38.0 Å². The van der Waals surface area contributed by atoms with Crippen molar-refractivity contribution in [3.05, 3.63) is 47.7 Å². The maximum absolute atomic E-state index is 12.4. The van der Waals surface area contributed by atoms with Crippen molar-refractivity contribution in [1.82, 2.24) is 20.1 Å². The quantitative estimate of drug-likeness (QED) is 0.749. The van der Waals surface area contributed by atoms with Crippen LogP contribution >= 0.6 is 0 Å². The summed E-state index contributed by atoms with van der Waals surface area (Å²) in [5.41, 5.74) is 1.82. The molecule has 0 saturated heterocycles. The molecule has 1 saturated carbocycles. The van der Waals surface area contributed by atoms with E-state index in [2.05, 4.69) is 15.5 Å². The van der Waals surface area contributed by atoms with Crippen LogP contribution in [-0.4, -0.2) is 38.4 Å². The molecule has 0 spiro atoms. The van der Waals surface area contributed by atoms with Gasteiger partial charge in [0.1, 0.15) is 17.7 Å². The van der Waals surface area contributed by atoms with Gasteiger partial charge in [0, 0.05) is 30.8 Å². The van der Waals surface area contributed by atoms with Crippen molar-refractivity contribution in [1.29, 1.82) is 0 Å². The summed E-state index contributed by atoms with van der Waals surface area (Å²) in [6, 6.07) is 7.57. The Balaban J connectivity index is 1.40. The first-order valence-corrected chi connectivity index (χ1v) is 8.81. The molecule has 4 rings (SSSR count). The minimum absolute atomic E-state index is 0.00715. The van der Waals surface area contributed by atoms with E-state index < -0.39 is 6.10 Å². The van der Waals surface area contributed by atoms with Gasteiger partial charge in [-0.15, -0.1) is 10.2 Å². The number of aryl methyl sites for hydroxylation is 2. The van der Waals surface area contributed by atoms with Crippen molar-refractivity contribution in [2.45, 2.75) is 31.8 Å². The number of benzene rings is 1. The van der Waals surface area contributed by atoms with Gasteiger partial charge in [0.15, 0.2) is 5.76 Å². The van der Waals surface area contributed by atoms with E-state index in [1.165, 1.54) is 0 Å². The zero-order chi connectivity index (χ0) is 18.3. The number of furan rings is 1. The van der Waals surface area contributed by atoms with E-state index in [9.17, 15) is 9.90 Å². The molecule has 0 unspecified atom stereocenters. The molecule has 2 aromatic heterocycles. The number of carbonyl (C=O) groups excluding carboxylic acids is 1. The van der Waals surface area contributed by atoms with Crippen LogP contribution in [0.2, 0.25) is 0 Å². The number of aromatic nitrogens is 3. The smallest absolute Gasteiger partial charge is 0.287 e. The van der Waals surface area contributed by atoms with E-state index in [0.29, 0.717) is 24.3 Å². The summed E-state index contributed by atoms with van der Waals surface area (Å²) in [6.45, 7) is 2.41. The summed E-state index contributed by atoms with van der Waals surface area (Å²) in [5, 5.41) is 22.2.